The third-order valence-corrected chi connectivity index (χ3v) is 9.86. The molecule has 9 aromatic rings. The van der Waals surface area contributed by atoms with Crippen LogP contribution < -0.4 is 9.64 Å². The molecule has 2 aromatic heterocycles. The molecule has 0 radical (unpaired) electrons. The van der Waals surface area contributed by atoms with Gasteiger partial charge in [-0.1, -0.05) is 109 Å². The zero-order chi connectivity index (χ0) is 36.9. The fourth-order valence-corrected chi connectivity index (χ4v) is 7.42. The van der Waals surface area contributed by atoms with Crippen molar-refractivity contribution in [3.05, 3.63) is 181 Å². The number of aromatic nitrogens is 4. The van der Waals surface area contributed by atoms with Gasteiger partial charge in [0.15, 0.2) is 29.0 Å². The van der Waals surface area contributed by atoms with Gasteiger partial charge in [-0.15, -0.1) is 0 Å². The summed E-state index contributed by atoms with van der Waals surface area (Å²) < 4.78 is 8.69. The molecule has 8 heteroatoms. The highest BCUT2D eigenvalue weighted by Gasteiger charge is 2.28. The molecule has 0 fully saturated rings. The van der Waals surface area contributed by atoms with Crippen LogP contribution in [0.4, 0.5) is 22.7 Å². The van der Waals surface area contributed by atoms with Crippen molar-refractivity contribution in [2.45, 2.75) is 0 Å². The average molecular weight is 706 g/mol. The minimum atomic E-state index is 0.255. The predicted octanol–water partition coefficient (Wildman–Crippen LogP) is 12.0. The molecule has 8 nitrogen and oxygen atoms in total. The standard InChI is InChI=1S/C47H27N7O/c1-49-37-26-34(25-32(29-48)44(37)47-51-45(30-15-5-2-6-16-30)50-46(52-47)31-17-7-3-8-18-31)54-38-22-12-11-21-35(38)36-27-43-41(28-40(36)54)53(33-19-9-4-10-20-33)39-23-13-14-24-42(39)55-43/h2-28H. The van der Waals surface area contributed by atoms with Gasteiger partial charge in [-0.2, -0.15) is 5.26 Å². The summed E-state index contributed by atoms with van der Waals surface area (Å²) in [4.78, 5) is 20.8. The maximum absolute atomic E-state index is 10.8. The Bertz CT molecular complexity index is 2940. The Balaban J connectivity index is 1.21. The molecule has 10 rings (SSSR count). The molecular formula is C47H27N7O. The Hall–Kier alpha value is -8.07. The number of hydrogen-bond acceptors (Lipinski definition) is 6. The quantitative estimate of drug-likeness (QED) is 0.166. The van der Waals surface area contributed by atoms with Crippen LogP contribution in [-0.4, -0.2) is 19.5 Å². The Morgan fingerprint density at radius 2 is 1.16 bits per heavy atom. The molecule has 3 heterocycles. The number of anilines is 3. The molecule has 0 N–H and O–H groups in total. The molecule has 1 aliphatic rings. The molecule has 7 aromatic carbocycles. The van der Waals surface area contributed by atoms with E-state index in [-0.39, 0.29) is 17.1 Å². The topological polar surface area (TPSA) is 84.2 Å². The van der Waals surface area contributed by atoms with E-state index in [1.54, 1.807) is 0 Å². The highest BCUT2D eigenvalue weighted by Crippen LogP contribution is 2.52. The van der Waals surface area contributed by atoms with Crippen molar-refractivity contribution in [1.82, 2.24) is 19.5 Å². The van der Waals surface area contributed by atoms with Gasteiger partial charge in [0.25, 0.3) is 0 Å². The number of para-hydroxylation sites is 4. The van der Waals surface area contributed by atoms with Crippen LogP contribution in [0.3, 0.4) is 0 Å². The van der Waals surface area contributed by atoms with Crippen LogP contribution in [0.15, 0.2) is 164 Å². The predicted molar refractivity (Wildman–Crippen MR) is 216 cm³/mol. The first-order valence-electron chi connectivity index (χ1n) is 17.7. The van der Waals surface area contributed by atoms with E-state index >= 15 is 0 Å². The first kappa shape index (κ1) is 31.6. The number of benzene rings is 7. The molecule has 0 saturated heterocycles. The maximum Gasteiger partial charge on any atom is 0.201 e. The summed E-state index contributed by atoms with van der Waals surface area (Å²) in [6, 6.07) is 55.9. The lowest BCUT2D eigenvalue weighted by Crippen LogP contribution is -2.15. The smallest absolute Gasteiger partial charge is 0.201 e. The summed E-state index contributed by atoms with van der Waals surface area (Å²) in [7, 11) is 0. The van der Waals surface area contributed by atoms with Gasteiger partial charge >= 0.3 is 0 Å². The second-order valence-corrected chi connectivity index (χ2v) is 13.1. The first-order chi connectivity index (χ1) is 27.2. The normalized spacial score (nSPS) is 11.7. The van der Waals surface area contributed by atoms with E-state index in [0.717, 1.165) is 61.5 Å². The molecule has 256 valence electrons. The molecule has 0 saturated carbocycles. The van der Waals surface area contributed by atoms with E-state index in [1.807, 2.05) is 121 Å². The Morgan fingerprint density at radius 1 is 0.545 bits per heavy atom. The lowest BCUT2D eigenvalue weighted by Gasteiger charge is -2.33. The molecule has 0 spiro atoms. The van der Waals surface area contributed by atoms with Gasteiger partial charge in [-0.05, 0) is 54.6 Å². The molecule has 0 aliphatic carbocycles. The van der Waals surface area contributed by atoms with Crippen LogP contribution in [0.2, 0.25) is 0 Å². The van der Waals surface area contributed by atoms with Gasteiger partial charge < -0.3 is 14.2 Å². The van der Waals surface area contributed by atoms with E-state index in [4.69, 9.17) is 26.3 Å². The summed E-state index contributed by atoms with van der Waals surface area (Å²) in [5.74, 6) is 2.65. The van der Waals surface area contributed by atoms with Crippen LogP contribution >= 0.6 is 0 Å². The number of nitriles is 1. The molecule has 0 unspecified atom stereocenters. The Morgan fingerprint density at radius 3 is 1.85 bits per heavy atom. The van der Waals surface area contributed by atoms with Gasteiger partial charge in [-0.3, -0.25) is 0 Å². The van der Waals surface area contributed by atoms with Gasteiger partial charge in [0, 0.05) is 38.8 Å². The fraction of sp³-hybridized carbons (Fsp3) is 0. The van der Waals surface area contributed by atoms with Gasteiger partial charge in [0.05, 0.1) is 40.6 Å². The number of ether oxygens (including phenoxy) is 1. The number of nitrogens with zero attached hydrogens (tertiary/aromatic N) is 7. The fourth-order valence-electron chi connectivity index (χ4n) is 7.42. The summed E-state index contributed by atoms with van der Waals surface area (Å²) in [5.41, 5.74) is 7.77. The zero-order valence-corrected chi connectivity index (χ0v) is 29.1. The van der Waals surface area contributed by atoms with Gasteiger partial charge in [0.1, 0.15) is 0 Å². The summed E-state index contributed by atoms with van der Waals surface area (Å²) in [6.07, 6.45) is 0. The summed E-state index contributed by atoms with van der Waals surface area (Å²) in [6.45, 7) is 8.42. The number of fused-ring (bicyclic) bond motifs is 5. The van der Waals surface area contributed by atoms with Crippen molar-refractivity contribution in [2.24, 2.45) is 0 Å². The van der Waals surface area contributed by atoms with Gasteiger partial charge in [0.2, 0.25) is 5.69 Å². The molecular weight excluding hydrogens is 679 g/mol. The second kappa shape index (κ2) is 12.9. The van der Waals surface area contributed by atoms with Crippen molar-refractivity contribution in [3.63, 3.8) is 0 Å². The van der Waals surface area contributed by atoms with E-state index in [2.05, 4.69) is 62.8 Å². The lowest BCUT2D eigenvalue weighted by atomic mass is 10.0. The SMILES string of the molecule is [C-]#[N+]c1cc(-n2c3ccccc3c3cc4c(cc32)N(c2ccccc2)c2ccccc2O4)cc(C#N)c1-c1nc(-c2ccccc2)nc(-c2ccccc2)n1. The minimum Gasteiger partial charge on any atom is -0.453 e. The van der Waals surface area contributed by atoms with Crippen LogP contribution in [0.5, 0.6) is 11.5 Å². The highest BCUT2D eigenvalue weighted by molar-refractivity contribution is 6.12. The molecule has 1 aliphatic heterocycles. The highest BCUT2D eigenvalue weighted by atomic mass is 16.5. The number of hydrogen-bond donors (Lipinski definition) is 0. The van der Waals surface area contributed by atoms with Crippen LogP contribution in [-0.2, 0) is 0 Å². The van der Waals surface area contributed by atoms with Crippen LogP contribution in [0, 0.1) is 17.9 Å². The van der Waals surface area contributed by atoms with Crippen molar-refractivity contribution >= 4 is 44.6 Å². The summed E-state index contributed by atoms with van der Waals surface area (Å²) in [5, 5.41) is 12.8. The second-order valence-electron chi connectivity index (χ2n) is 13.1. The van der Waals surface area contributed by atoms with Crippen molar-refractivity contribution < 1.29 is 4.74 Å². The Kier molecular flexibility index (Phi) is 7.40. The van der Waals surface area contributed by atoms with E-state index in [1.165, 1.54) is 0 Å². The molecule has 0 bridgehead atoms. The van der Waals surface area contributed by atoms with E-state index in [0.29, 0.717) is 22.9 Å². The van der Waals surface area contributed by atoms with Crippen LogP contribution in [0.1, 0.15) is 5.56 Å². The monoisotopic (exact) mass is 705 g/mol. The van der Waals surface area contributed by atoms with E-state index < -0.39 is 0 Å². The van der Waals surface area contributed by atoms with Crippen LogP contribution in [0.25, 0.3) is 66.5 Å². The van der Waals surface area contributed by atoms with Gasteiger partial charge in [-0.25, -0.2) is 19.8 Å². The zero-order valence-electron chi connectivity index (χ0n) is 29.1. The molecule has 0 atom stereocenters. The molecule has 55 heavy (non-hydrogen) atoms. The number of rotatable bonds is 5. The van der Waals surface area contributed by atoms with Crippen molar-refractivity contribution in [1.29, 1.82) is 5.26 Å². The van der Waals surface area contributed by atoms with Crippen molar-refractivity contribution in [2.75, 3.05) is 4.90 Å². The van der Waals surface area contributed by atoms with Crippen molar-refractivity contribution in [3.8, 4) is 57.4 Å². The molecule has 0 amide bonds. The third-order valence-electron chi connectivity index (χ3n) is 9.86. The third kappa shape index (κ3) is 5.25. The Labute approximate surface area is 316 Å². The summed E-state index contributed by atoms with van der Waals surface area (Å²) >= 11 is 0. The largest absolute Gasteiger partial charge is 0.453 e. The lowest BCUT2D eigenvalue weighted by molar-refractivity contribution is 0.478. The van der Waals surface area contributed by atoms with E-state index in [9.17, 15) is 5.26 Å². The first-order valence-corrected chi connectivity index (χ1v) is 17.7. The maximum atomic E-state index is 10.8. The minimum absolute atomic E-state index is 0.255. The average Bonchev–Trinajstić information content (AvgIpc) is 3.58.